The molecular weight excluding hydrogens is 556 g/mol. The van der Waals surface area contributed by atoms with Gasteiger partial charge in [0, 0.05) is 34.8 Å². The molecule has 0 aromatic heterocycles. The fourth-order valence-corrected chi connectivity index (χ4v) is 7.69. The fraction of sp³-hybridized carbons (Fsp3) is 0.182. The summed E-state index contributed by atoms with van der Waals surface area (Å²) in [5.41, 5.74) is 13.1. The first-order chi connectivity index (χ1) is 22.7. The van der Waals surface area contributed by atoms with Crippen molar-refractivity contribution in [3.05, 3.63) is 191 Å². The number of benzene rings is 3. The third kappa shape index (κ3) is 5.49. The molecule has 3 aromatic carbocycles. The maximum absolute atomic E-state index is 3.78. The van der Waals surface area contributed by atoms with Crippen LogP contribution in [0.4, 0.5) is 11.4 Å². The second-order valence-corrected chi connectivity index (χ2v) is 13.0. The van der Waals surface area contributed by atoms with Gasteiger partial charge >= 0.3 is 0 Å². The Morgan fingerprint density at radius 3 is 2.28 bits per heavy atom. The van der Waals surface area contributed by atoms with Crippen LogP contribution < -0.4 is 10.2 Å². The molecule has 226 valence electrons. The molecule has 3 aromatic rings. The number of allylic oxidation sites excluding steroid dienone is 13. The third-order valence-electron chi connectivity index (χ3n) is 10.2. The Morgan fingerprint density at radius 2 is 1.46 bits per heavy atom. The van der Waals surface area contributed by atoms with E-state index in [2.05, 4.69) is 175 Å². The Balaban J connectivity index is 1.09. The molecule has 1 heterocycles. The van der Waals surface area contributed by atoms with Gasteiger partial charge in [-0.05, 0) is 89.1 Å². The molecule has 0 radical (unpaired) electrons. The largest absolute Gasteiger partial charge is 0.358 e. The van der Waals surface area contributed by atoms with Crippen molar-refractivity contribution in [1.29, 1.82) is 0 Å². The first-order valence-electron chi connectivity index (χ1n) is 16.7. The van der Waals surface area contributed by atoms with E-state index in [1.807, 2.05) is 0 Å². The van der Waals surface area contributed by atoms with Crippen molar-refractivity contribution in [2.45, 2.75) is 37.6 Å². The lowest BCUT2D eigenvalue weighted by Gasteiger charge is -2.38. The van der Waals surface area contributed by atoms with Gasteiger partial charge in [0.1, 0.15) is 0 Å². The quantitative estimate of drug-likeness (QED) is 0.315. The molecule has 0 saturated carbocycles. The predicted octanol–water partition coefficient (Wildman–Crippen LogP) is 10.7. The Kier molecular flexibility index (Phi) is 7.64. The molecule has 0 saturated heterocycles. The SMILES string of the molecule is C/C1=C\C=C(\Nc2ccc(C3C=CC=CC3)cc2)CN(c2ccc(C3=Cc4ccccc4C4C=CC=CC34)cc2)C2CC=CC=C12. The molecule has 4 atom stereocenters. The molecule has 46 heavy (non-hydrogen) atoms. The van der Waals surface area contributed by atoms with Crippen molar-refractivity contribution in [2.24, 2.45) is 5.92 Å². The summed E-state index contributed by atoms with van der Waals surface area (Å²) in [6, 6.07) is 27.5. The van der Waals surface area contributed by atoms with Crippen LogP contribution in [-0.2, 0) is 0 Å². The Labute approximate surface area is 273 Å². The summed E-state index contributed by atoms with van der Waals surface area (Å²) in [5.74, 6) is 1.20. The van der Waals surface area contributed by atoms with Gasteiger partial charge in [-0.25, -0.2) is 0 Å². The summed E-state index contributed by atoms with van der Waals surface area (Å²) in [7, 11) is 0. The van der Waals surface area contributed by atoms with Gasteiger partial charge < -0.3 is 10.2 Å². The van der Waals surface area contributed by atoms with E-state index in [0.717, 1.165) is 25.1 Å². The predicted molar refractivity (Wildman–Crippen MR) is 196 cm³/mol. The normalized spacial score (nSPS) is 26.7. The molecule has 8 rings (SSSR count). The minimum Gasteiger partial charge on any atom is -0.358 e. The van der Waals surface area contributed by atoms with E-state index in [-0.39, 0.29) is 6.04 Å². The second kappa shape index (κ2) is 12.4. The van der Waals surface area contributed by atoms with Gasteiger partial charge in [-0.2, -0.15) is 0 Å². The zero-order chi connectivity index (χ0) is 30.9. The van der Waals surface area contributed by atoms with Crippen LogP contribution in [0.3, 0.4) is 0 Å². The zero-order valence-corrected chi connectivity index (χ0v) is 26.4. The van der Waals surface area contributed by atoms with Crippen LogP contribution in [0.25, 0.3) is 11.6 Å². The van der Waals surface area contributed by atoms with E-state index in [1.54, 1.807) is 0 Å². The molecule has 0 bridgehead atoms. The van der Waals surface area contributed by atoms with Gasteiger partial charge in [0.25, 0.3) is 0 Å². The molecular formula is C44H40N2. The first kappa shape index (κ1) is 28.4. The van der Waals surface area contributed by atoms with Gasteiger partial charge in [0.15, 0.2) is 0 Å². The van der Waals surface area contributed by atoms with Crippen molar-refractivity contribution >= 4 is 23.0 Å². The van der Waals surface area contributed by atoms with Crippen molar-refractivity contribution < 1.29 is 0 Å². The van der Waals surface area contributed by atoms with Gasteiger partial charge in [0.05, 0.1) is 12.6 Å². The second-order valence-electron chi connectivity index (χ2n) is 13.0. The highest BCUT2D eigenvalue weighted by molar-refractivity contribution is 5.88. The summed E-state index contributed by atoms with van der Waals surface area (Å²) in [6.45, 7) is 3.04. The summed E-state index contributed by atoms with van der Waals surface area (Å²) in [6.07, 6.45) is 33.8. The lowest BCUT2D eigenvalue weighted by molar-refractivity contribution is 0.682. The summed E-state index contributed by atoms with van der Waals surface area (Å²) < 4.78 is 0. The van der Waals surface area contributed by atoms with Gasteiger partial charge in [-0.15, -0.1) is 0 Å². The molecule has 4 aliphatic carbocycles. The summed E-state index contributed by atoms with van der Waals surface area (Å²) in [4.78, 5) is 2.58. The average molecular weight is 597 g/mol. The maximum Gasteiger partial charge on any atom is 0.0586 e. The number of nitrogens with zero attached hydrogens (tertiary/aromatic N) is 1. The van der Waals surface area contributed by atoms with Crippen molar-refractivity contribution in [3.63, 3.8) is 0 Å². The van der Waals surface area contributed by atoms with Crippen LogP contribution in [0.2, 0.25) is 0 Å². The Bertz CT molecular complexity index is 1900. The summed E-state index contributed by atoms with van der Waals surface area (Å²) in [5, 5.41) is 3.78. The molecule has 4 unspecified atom stereocenters. The molecule has 1 aliphatic heterocycles. The highest BCUT2D eigenvalue weighted by atomic mass is 15.2. The minimum atomic E-state index is 0.280. The highest BCUT2D eigenvalue weighted by Crippen LogP contribution is 2.46. The van der Waals surface area contributed by atoms with Crippen molar-refractivity contribution in [1.82, 2.24) is 0 Å². The zero-order valence-electron chi connectivity index (χ0n) is 26.4. The van der Waals surface area contributed by atoms with E-state index < -0.39 is 0 Å². The lowest BCUT2D eigenvalue weighted by atomic mass is 9.71. The maximum atomic E-state index is 3.78. The molecule has 0 spiro atoms. The standard InChI is InChI=1S/C44H40N2/c1-31-19-24-37(45-36-25-20-33(21-26-36)32-11-3-2-4-12-32)30-46(44-18-10-9-14-39(31)44)38-27-22-34(23-28-38)43-29-35-13-5-6-15-40(35)41-16-7-8-17-42(41)43/h2-11,13-17,19-29,32,41-42,44-45H,12,18,30H2,1H3/b31-19+,37-24+. The number of hydrogen-bond donors (Lipinski definition) is 1. The summed E-state index contributed by atoms with van der Waals surface area (Å²) >= 11 is 0. The van der Waals surface area contributed by atoms with Crippen LogP contribution >= 0.6 is 0 Å². The number of fused-ring (bicyclic) bond motifs is 4. The Hall–Kier alpha value is -5.08. The number of anilines is 2. The van der Waals surface area contributed by atoms with Crippen LogP contribution in [-0.4, -0.2) is 12.6 Å². The molecule has 0 fully saturated rings. The van der Waals surface area contributed by atoms with Gasteiger partial charge in [-0.3, -0.25) is 0 Å². The number of nitrogens with one attached hydrogen (secondary N) is 1. The van der Waals surface area contributed by atoms with E-state index in [0.29, 0.717) is 17.8 Å². The third-order valence-corrected chi connectivity index (χ3v) is 10.2. The fourth-order valence-electron chi connectivity index (χ4n) is 7.69. The van der Waals surface area contributed by atoms with Gasteiger partial charge in [-0.1, -0.05) is 128 Å². The molecule has 5 aliphatic rings. The van der Waals surface area contributed by atoms with Crippen molar-refractivity contribution in [2.75, 3.05) is 16.8 Å². The first-order valence-corrected chi connectivity index (χ1v) is 16.7. The molecule has 1 N–H and O–H groups in total. The van der Waals surface area contributed by atoms with E-state index >= 15 is 0 Å². The monoisotopic (exact) mass is 596 g/mol. The topological polar surface area (TPSA) is 15.3 Å². The van der Waals surface area contributed by atoms with Crippen LogP contribution in [0.5, 0.6) is 0 Å². The van der Waals surface area contributed by atoms with Gasteiger partial charge in [0.2, 0.25) is 0 Å². The molecule has 2 heteroatoms. The van der Waals surface area contributed by atoms with E-state index in [9.17, 15) is 0 Å². The lowest BCUT2D eigenvalue weighted by Crippen LogP contribution is -2.40. The van der Waals surface area contributed by atoms with Crippen LogP contribution in [0, 0.1) is 5.92 Å². The smallest absolute Gasteiger partial charge is 0.0586 e. The number of rotatable bonds is 5. The Morgan fingerprint density at radius 1 is 0.674 bits per heavy atom. The van der Waals surface area contributed by atoms with Crippen molar-refractivity contribution in [3.8, 4) is 0 Å². The minimum absolute atomic E-state index is 0.280. The molecule has 0 amide bonds. The number of hydrogen-bond acceptors (Lipinski definition) is 2. The van der Waals surface area contributed by atoms with Crippen LogP contribution in [0.15, 0.2) is 169 Å². The highest BCUT2D eigenvalue weighted by Gasteiger charge is 2.31. The average Bonchev–Trinajstić information content (AvgIpc) is 3.12. The molecule has 2 nitrogen and oxygen atoms in total. The van der Waals surface area contributed by atoms with E-state index in [4.69, 9.17) is 0 Å². The van der Waals surface area contributed by atoms with E-state index in [1.165, 1.54) is 50.4 Å². The van der Waals surface area contributed by atoms with Crippen LogP contribution in [0.1, 0.15) is 53.9 Å².